The first-order valence-corrected chi connectivity index (χ1v) is 10.3. The maximum atomic E-state index is 14.1. The standard InChI is InChI=1S/C25H19N5O2/c1-32-18-13-11-16(12-14-18)23-21-22(28-25-26-15-27-30(23)25)19-9-5-6-10-20(19)29(24(21)31)17-7-3-2-4-8-17/h2-15,23H,1H3,(H,26,27,28). The van der Waals surface area contributed by atoms with Gasteiger partial charge in [-0.05, 0) is 35.9 Å². The van der Waals surface area contributed by atoms with Crippen LogP contribution in [0.25, 0.3) is 16.6 Å². The third-order valence-corrected chi connectivity index (χ3v) is 5.89. The number of hydrogen-bond acceptors (Lipinski definition) is 5. The number of anilines is 2. The lowest BCUT2D eigenvalue weighted by Gasteiger charge is -2.29. The third-order valence-electron chi connectivity index (χ3n) is 5.89. The lowest BCUT2D eigenvalue weighted by atomic mass is 9.94. The van der Waals surface area contributed by atoms with Crippen molar-refractivity contribution in [1.82, 2.24) is 19.3 Å². The van der Waals surface area contributed by atoms with Crippen molar-refractivity contribution in [3.8, 4) is 11.4 Å². The van der Waals surface area contributed by atoms with Crippen LogP contribution in [0, 0.1) is 0 Å². The van der Waals surface area contributed by atoms with E-state index in [1.54, 1.807) is 16.4 Å². The van der Waals surface area contributed by atoms with E-state index in [4.69, 9.17) is 4.74 Å². The van der Waals surface area contributed by atoms with Gasteiger partial charge in [-0.15, -0.1) is 0 Å². The van der Waals surface area contributed by atoms with Crippen LogP contribution in [0.3, 0.4) is 0 Å². The van der Waals surface area contributed by atoms with Gasteiger partial charge in [0, 0.05) is 11.1 Å². The fourth-order valence-corrected chi connectivity index (χ4v) is 4.44. The number of fused-ring (bicyclic) bond motifs is 4. The Hall–Kier alpha value is -4.39. The van der Waals surface area contributed by atoms with Crippen LogP contribution in [0.15, 0.2) is 90.0 Å². The second-order valence-corrected chi connectivity index (χ2v) is 7.61. The number of benzene rings is 3. The monoisotopic (exact) mass is 421 g/mol. The van der Waals surface area contributed by atoms with Gasteiger partial charge in [0.15, 0.2) is 0 Å². The van der Waals surface area contributed by atoms with Crippen molar-refractivity contribution >= 4 is 22.5 Å². The highest BCUT2D eigenvalue weighted by Gasteiger charge is 2.33. The second-order valence-electron chi connectivity index (χ2n) is 7.61. The molecule has 6 rings (SSSR count). The van der Waals surface area contributed by atoms with Crippen molar-refractivity contribution in [3.63, 3.8) is 0 Å². The lowest BCUT2D eigenvalue weighted by Crippen LogP contribution is -2.33. The molecule has 0 bridgehead atoms. The molecule has 0 radical (unpaired) electrons. The Morgan fingerprint density at radius 3 is 2.47 bits per heavy atom. The van der Waals surface area contributed by atoms with Crippen molar-refractivity contribution < 1.29 is 4.74 Å². The van der Waals surface area contributed by atoms with E-state index in [0.717, 1.165) is 33.6 Å². The minimum absolute atomic E-state index is 0.0978. The van der Waals surface area contributed by atoms with Crippen molar-refractivity contribution in [3.05, 3.63) is 107 Å². The number of nitrogens with zero attached hydrogens (tertiary/aromatic N) is 4. The summed E-state index contributed by atoms with van der Waals surface area (Å²) in [5.41, 5.74) is 3.85. The van der Waals surface area contributed by atoms with Gasteiger partial charge < -0.3 is 10.1 Å². The first-order chi connectivity index (χ1) is 15.8. The van der Waals surface area contributed by atoms with E-state index >= 15 is 0 Å². The normalized spacial score (nSPS) is 14.5. The zero-order valence-electron chi connectivity index (χ0n) is 17.3. The molecule has 0 spiro atoms. The molecule has 1 aliphatic heterocycles. The van der Waals surface area contributed by atoms with Crippen molar-refractivity contribution in [2.45, 2.75) is 6.04 Å². The van der Waals surface area contributed by atoms with Gasteiger partial charge in [0.25, 0.3) is 5.56 Å². The molecular formula is C25H19N5O2. The van der Waals surface area contributed by atoms with Gasteiger partial charge in [-0.25, -0.2) is 4.68 Å². The van der Waals surface area contributed by atoms with Crippen LogP contribution in [0.1, 0.15) is 17.2 Å². The topological polar surface area (TPSA) is 74.0 Å². The number of hydrogen-bond donors (Lipinski definition) is 1. The molecule has 1 atom stereocenters. The average molecular weight is 421 g/mol. The Kier molecular flexibility index (Phi) is 4.07. The third kappa shape index (κ3) is 2.64. The van der Waals surface area contributed by atoms with Crippen LogP contribution in [0.5, 0.6) is 5.75 Å². The highest BCUT2D eigenvalue weighted by Crippen LogP contribution is 2.41. The van der Waals surface area contributed by atoms with E-state index in [2.05, 4.69) is 15.4 Å². The van der Waals surface area contributed by atoms with Gasteiger partial charge in [0.2, 0.25) is 5.95 Å². The molecule has 7 nitrogen and oxygen atoms in total. The number of ether oxygens (including phenoxy) is 1. The van der Waals surface area contributed by atoms with Crippen molar-refractivity contribution in [2.24, 2.45) is 0 Å². The molecule has 0 saturated heterocycles. The minimum Gasteiger partial charge on any atom is -0.497 e. The van der Waals surface area contributed by atoms with Crippen molar-refractivity contribution in [1.29, 1.82) is 0 Å². The Morgan fingerprint density at radius 2 is 1.69 bits per heavy atom. The highest BCUT2D eigenvalue weighted by molar-refractivity contribution is 5.96. The maximum absolute atomic E-state index is 14.1. The number of para-hydroxylation sites is 2. The first-order valence-electron chi connectivity index (χ1n) is 10.3. The van der Waals surface area contributed by atoms with E-state index < -0.39 is 6.04 Å². The smallest absolute Gasteiger partial charge is 0.263 e. The molecule has 2 aromatic heterocycles. The summed E-state index contributed by atoms with van der Waals surface area (Å²) < 4.78 is 8.86. The van der Waals surface area contributed by atoms with E-state index in [-0.39, 0.29) is 5.56 Å². The Morgan fingerprint density at radius 1 is 0.938 bits per heavy atom. The largest absolute Gasteiger partial charge is 0.497 e. The SMILES string of the molecule is COc1ccc(C2c3c(c4ccccc4n(-c4ccccc4)c3=O)Nc3ncnn32)cc1. The number of aromatic nitrogens is 4. The number of pyridine rings is 1. The summed E-state index contributed by atoms with van der Waals surface area (Å²) in [4.78, 5) is 18.5. The van der Waals surface area contributed by atoms with Crippen LogP contribution in [-0.4, -0.2) is 26.4 Å². The molecule has 0 amide bonds. The second kappa shape index (κ2) is 7.09. The number of methoxy groups -OCH3 is 1. The fraction of sp³-hybridized carbons (Fsp3) is 0.0800. The summed E-state index contributed by atoms with van der Waals surface area (Å²) in [6, 6.07) is 24.9. The molecule has 5 aromatic rings. The van der Waals surface area contributed by atoms with E-state index in [1.165, 1.54) is 6.33 Å². The van der Waals surface area contributed by atoms with Crippen LogP contribution in [0.4, 0.5) is 11.6 Å². The Bertz CT molecular complexity index is 1500. The van der Waals surface area contributed by atoms with Crippen LogP contribution < -0.4 is 15.6 Å². The molecular weight excluding hydrogens is 402 g/mol. The first kappa shape index (κ1) is 18.4. The molecule has 0 saturated carbocycles. The van der Waals surface area contributed by atoms with E-state index in [9.17, 15) is 4.79 Å². The van der Waals surface area contributed by atoms with E-state index in [1.807, 2.05) is 78.9 Å². The molecule has 1 aliphatic rings. The van der Waals surface area contributed by atoms with Crippen molar-refractivity contribution in [2.75, 3.05) is 12.4 Å². The Balaban J connectivity index is 1.71. The predicted molar refractivity (Wildman–Crippen MR) is 123 cm³/mol. The molecule has 0 aliphatic carbocycles. The number of nitrogens with one attached hydrogen (secondary N) is 1. The van der Waals surface area contributed by atoms with Gasteiger partial charge in [-0.2, -0.15) is 10.1 Å². The lowest BCUT2D eigenvalue weighted by molar-refractivity contribution is 0.414. The molecule has 32 heavy (non-hydrogen) atoms. The highest BCUT2D eigenvalue weighted by atomic mass is 16.5. The fourth-order valence-electron chi connectivity index (χ4n) is 4.44. The van der Waals surface area contributed by atoms with Gasteiger partial charge in [-0.3, -0.25) is 9.36 Å². The zero-order chi connectivity index (χ0) is 21.7. The molecule has 3 aromatic carbocycles. The maximum Gasteiger partial charge on any atom is 0.263 e. The van der Waals surface area contributed by atoms with Gasteiger partial charge >= 0.3 is 0 Å². The quantitative estimate of drug-likeness (QED) is 0.462. The van der Waals surface area contributed by atoms with Gasteiger partial charge in [0.1, 0.15) is 18.1 Å². The van der Waals surface area contributed by atoms with Gasteiger partial charge in [0.05, 0.1) is 23.9 Å². The molecule has 1 unspecified atom stereocenters. The molecule has 7 heteroatoms. The molecule has 156 valence electrons. The van der Waals surface area contributed by atoms with Gasteiger partial charge in [-0.1, -0.05) is 48.5 Å². The molecule has 3 heterocycles. The summed E-state index contributed by atoms with van der Waals surface area (Å²) in [7, 11) is 1.63. The summed E-state index contributed by atoms with van der Waals surface area (Å²) in [6.07, 6.45) is 1.50. The summed E-state index contributed by atoms with van der Waals surface area (Å²) in [5, 5.41) is 8.74. The summed E-state index contributed by atoms with van der Waals surface area (Å²) in [5.74, 6) is 1.35. The predicted octanol–water partition coefficient (Wildman–Crippen LogP) is 4.29. The molecule has 1 N–H and O–H groups in total. The minimum atomic E-state index is -0.429. The average Bonchev–Trinajstić information content (AvgIpc) is 3.32. The summed E-state index contributed by atoms with van der Waals surface area (Å²) >= 11 is 0. The summed E-state index contributed by atoms with van der Waals surface area (Å²) in [6.45, 7) is 0. The zero-order valence-corrected chi connectivity index (χ0v) is 17.3. The van der Waals surface area contributed by atoms with Crippen LogP contribution >= 0.6 is 0 Å². The number of rotatable bonds is 3. The van der Waals surface area contributed by atoms with Crippen LogP contribution in [0.2, 0.25) is 0 Å². The molecule has 0 fully saturated rings. The van der Waals surface area contributed by atoms with Crippen LogP contribution in [-0.2, 0) is 0 Å². The Labute approximate surface area is 183 Å². The van der Waals surface area contributed by atoms with E-state index in [0.29, 0.717) is 11.5 Å².